The Labute approximate surface area is 83.6 Å². The van der Waals surface area contributed by atoms with Gasteiger partial charge in [-0.3, -0.25) is 0 Å². The lowest BCUT2D eigenvalue weighted by atomic mass is 10.2. The molecule has 1 heterocycles. The van der Waals surface area contributed by atoms with E-state index < -0.39 is 18.6 Å². The molecule has 1 N–H and O–H groups in total. The summed E-state index contributed by atoms with van der Waals surface area (Å²) in [7, 11) is 0. The maximum atomic E-state index is 12.4. The van der Waals surface area contributed by atoms with Crippen molar-refractivity contribution < 1.29 is 13.9 Å². The third kappa shape index (κ3) is 1.97. The molecule has 0 amide bonds. The van der Waals surface area contributed by atoms with E-state index in [0.29, 0.717) is 0 Å². The highest BCUT2D eigenvalue weighted by Gasteiger charge is 2.17. The van der Waals surface area contributed by atoms with Crippen molar-refractivity contribution in [1.82, 2.24) is 4.98 Å². The van der Waals surface area contributed by atoms with Crippen molar-refractivity contribution >= 4 is 11.6 Å². The van der Waals surface area contributed by atoms with Crippen molar-refractivity contribution in [3.05, 3.63) is 28.0 Å². The van der Waals surface area contributed by atoms with Gasteiger partial charge >= 0.3 is 0 Å². The molecule has 1 aromatic rings. The number of nitrogens with zero attached hydrogens (tertiary/aromatic N) is 2. The first-order chi connectivity index (χ1) is 6.60. The minimum Gasteiger partial charge on any atom is -0.390 e. The zero-order chi connectivity index (χ0) is 10.7. The Bertz CT molecular complexity index is 390. The van der Waals surface area contributed by atoms with Gasteiger partial charge < -0.3 is 5.11 Å². The number of aliphatic hydroxyl groups excluding tert-OH is 1. The standard InChI is InChI=1S/C8H5ClF2N2O/c9-7-5(8(10)11)1-4(3-14)13-6(7)2-12/h1,8,14H,3H2. The third-order valence-corrected chi connectivity index (χ3v) is 1.94. The molecule has 0 bridgehead atoms. The molecular weight excluding hydrogens is 214 g/mol. The zero-order valence-electron chi connectivity index (χ0n) is 6.84. The molecule has 14 heavy (non-hydrogen) atoms. The van der Waals surface area contributed by atoms with Crippen LogP contribution in [0.15, 0.2) is 6.07 Å². The van der Waals surface area contributed by atoms with Crippen LogP contribution in [0.2, 0.25) is 5.02 Å². The molecular formula is C8H5ClF2N2O. The van der Waals surface area contributed by atoms with Crippen LogP contribution in [0.4, 0.5) is 8.78 Å². The predicted octanol–water partition coefficient (Wildman–Crippen LogP) is 2.04. The molecule has 1 aromatic heterocycles. The first-order valence-corrected chi connectivity index (χ1v) is 3.96. The minimum absolute atomic E-state index is 0.00116. The highest BCUT2D eigenvalue weighted by Crippen LogP contribution is 2.29. The molecule has 0 aliphatic carbocycles. The van der Waals surface area contributed by atoms with E-state index in [9.17, 15) is 8.78 Å². The summed E-state index contributed by atoms with van der Waals surface area (Å²) in [5.41, 5.74) is -0.781. The van der Waals surface area contributed by atoms with E-state index in [1.165, 1.54) is 0 Å². The smallest absolute Gasteiger partial charge is 0.265 e. The second-order valence-electron chi connectivity index (χ2n) is 2.44. The quantitative estimate of drug-likeness (QED) is 0.826. The van der Waals surface area contributed by atoms with Crippen molar-refractivity contribution in [2.24, 2.45) is 0 Å². The SMILES string of the molecule is N#Cc1nc(CO)cc(C(F)F)c1Cl. The molecule has 0 saturated carbocycles. The monoisotopic (exact) mass is 218 g/mol. The minimum atomic E-state index is -2.79. The molecule has 0 fully saturated rings. The number of pyridine rings is 1. The largest absolute Gasteiger partial charge is 0.390 e. The molecule has 0 atom stereocenters. The van der Waals surface area contributed by atoms with Crippen molar-refractivity contribution in [3.63, 3.8) is 0 Å². The van der Waals surface area contributed by atoms with E-state index in [1.54, 1.807) is 6.07 Å². The predicted molar refractivity (Wildman–Crippen MR) is 44.8 cm³/mol. The van der Waals surface area contributed by atoms with Gasteiger partial charge in [-0.25, -0.2) is 13.8 Å². The van der Waals surface area contributed by atoms with Crippen LogP contribution in [0.1, 0.15) is 23.4 Å². The highest BCUT2D eigenvalue weighted by molar-refractivity contribution is 6.32. The summed E-state index contributed by atoms with van der Waals surface area (Å²) >= 11 is 5.49. The Morgan fingerprint density at radius 1 is 1.64 bits per heavy atom. The van der Waals surface area contributed by atoms with Crippen molar-refractivity contribution in [2.45, 2.75) is 13.0 Å². The van der Waals surface area contributed by atoms with Crippen molar-refractivity contribution in [1.29, 1.82) is 5.26 Å². The Morgan fingerprint density at radius 2 is 2.29 bits per heavy atom. The summed E-state index contributed by atoms with van der Waals surface area (Å²) in [4.78, 5) is 3.58. The lowest BCUT2D eigenvalue weighted by Crippen LogP contribution is -1.98. The van der Waals surface area contributed by atoms with Crippen LogP contribution in [0.3, 0.4) is 0 Å². The molecule has 0 aliphatic heterocycles. The van der Waals surface area contributed by atoms with Gasteiger partial charge in [0.05, 0.1) is 17.3 Å². The normalized spacial score (nSPS) is 10.3. The average Bonchev–Trinajstić information content (AvgIpc) is 2.17. The summed E-state index contributed by atoms with van der Waals surface area (Å²) in [6, 6.07) is 2.56. The zero-order valence-corrected chi connectivity index (χ0v) is 7.59. The number of rotatable bonds is 2. The second-order valence-corrected chi connectivity index (χ2v) is 2.81. The van der Waals surface area contributed by atoms with Gasteiger partial charge in [-0.1, -0.05) is 11.6 Å². The van der Waals surface area contributed by atoms with Crippen molar-refractivity contribution in [2.75, 3.05) is 0 Å². The van der Waals surface area contributed by atoms with E-state index in [1.807, 2.05) is 0 Å². The van der Waals surface area contributed by atoms with Crippen LogP contribution in [0, 0.1) is 11.3 Å². The van der Waals surface area contributed by atoms with Gasteiger partial charge in [-0.2, -0.15) is 5.26 Å². The van der Waals surface area contributed by atoms with Gasteiger partial charge in [-0.05, 0) is 6.07 Å². The van der Waals surface area contributed by atoms with Gasteiger partial charge in [0.1, 0.15) is 6.07 Å². The van der Waals surface area contributed by atoms with Crippen LogP contribution >= 0.6 is 11.6 Å². The number of halogens is 3. The first-order valence-electron chi connectivity index (χ1n) is 3.58. The Hall–Kier alpha value is -1.25. The van der Waals surface area contributed by atoms with Crippen LogP contribution in [-0.4, -0.2) is 10.1 Å². The number of aromatic nitrogens is 1. The molecule has 6 heteroatoms. The van der Waals surface area contributed by atoms with E-state index in [0.717, 1.165) is 6.07 Å². The fourth-order valence-corrected chi connectivity index (χ4v) is 1.14. The van der Waals surface area contributed by atoms with Gasteiger partial charge in [0, 0.05) is 5.56 Å². The van der Waals surface area contributed by atoms with Gasteiger partial charge in [-0.15, -0.1) is 0 Å². The summed E-state index contributed by atoms with van der Waals surface area (Å²) in [6.07, 6.45) is -2.79. The molecule has 74 valence electrons. The number of hydrogen-bond donors (Lipinski definition) is 1. The Morgan fingerprint density at radius 3 is 2.71 bits per heavy atom. The summed E-state index contributed by atoms with van der Waals surface area (Å²) in [6.45, 7) is -0.508. The maximum Gasteiger partial charge on any atom is 0.265 e. The second kappa shape index (κ2) is 4.31. The number of alkyl halides is 2. The van der Waals surface area contributed by atoms with E-state index >= 15 is 0 Å². The number of aliphatic hydroxyl groups is 1. The van der Waals surface area contributed by atoms with Crippen molar-refractivity contribution in [3.8, 4) is 6.07 Å². The fourth-order valence-electron chi connectivity index (χ4n) is 0.918. The fraction of sp³-hybridized carbons (Fsp3) is 0.250. The molecule has 1 rings (SSSR count). The Balaban J connectivity index is 3.36. The maximum absolute atomic E-state index is 12.4. The number of nitriles is 1. The van der Waals surface area contributed by atoms with Crippen LogP contribution in [0.5, 0.6) is 0 Å². The highest BCUT2D eigenvalue weighted by atomic mass is 35.5. The molecule has 0 aliphatic rings. The lowest BCUT2D eigenvalue weighted by Gasteiger charge is -2.05. The third-order valence-electron chi connectivity index (χ3n) is 1.54. The topological polar surface area (TPSA) is 56.9 Å². The first kappa shape index (κ1) is 10.8. The lowest BCUT2D eigenvalue weighted by molar-refractivity contribution is 0.151. The van der Waals surface area contributed by atoms with Crippen LogP contribution in [0.25, 0.3) is 0 Å². The van der Waals surface area contributed by atoms with E-state index in [-0.39, 0.29) is 16.4 Å². The molecule has 0 spiro atoms. The molecule has 0 aromatic carbocycles. The van der Waals surface area contributed by atoms with Gasteiger partial charge in [0.2, 0.25) is 0 Å². The molecule has 0 saturated heterocycles. The molecule has 0 unspecified atom stereocenters. The molecule has 0 radical (unpaired) electrons. The van der Waals surface area contributed by atoms with E-state index in [4.69, 9.17) is 22.0 Å². The summed E-state index contributed by atoms with van der Waals surface area (Å²) in [5, 5.41) is 16.9. The van der Waals surface area contributed by atoms with Gasteiger partial charge in [0.15, 0.2) is 5.69 Å². The molecule has 3 nitrogen and oxygen atoms in total. The summed E-state index contributed by atoms with van der Waals surface area (Å²) in [5.74, 6) is 0. The summed E-state index contributed by atoms with van der Waals surface area (Å²) < 4.78 is 24.7. The van der Waals surface area contributed by atoms with Crippen LogP contribution < -0.4 is 0 Å². The average molecular weight is 219 g/mol. The number of hydrogen-bond acceptors (Lipinski definition) is 3. The van der Waals surface area contributed by atoms with E-state index in [2.05, 4.69) is 4.98 Å². The van der Waals surface area contributed by atoms with Gasteiger partial charge in [0.25, 0.3) is 6.43 Å². The Kier molecular flexibility index (Phi) is 3.33. The van der Waals surface area contributed by atoms with Crippen LogP contribution in [-0.2, 0) is 6.61 Å².